The van der Waals surface area contributed by atoms with Gasteiger partial charge in [0, 0.05) is 52.1 Å². The van der Waals surface area contributed by atoms with Gasteiger partial charge in [-0.25, -0.2) is 0 Å². The zero-order valence-electron chi connectivity index (χ0n) is 21.9. The molecule has 0 N–H and O–H groups in total. The molecule has 1 amide bonds. The molecule has 1 aliphatic rings. The van der Waals surface area contributed by atoms with Crippen molar-refractivity contribution in [2.75, 3.05) is 26.2 Å². The third-order valence-corrected chi connectivity index (χ3v) is 7.58. The van der Waals surface area contributed by atoms with Gasteiger partial charge in [-0.05, 0) is 29.7 Å². The highest BCUT2D eigenvalue weighted by atomic mass is 16.2. The topological polar surface area (TPSA) is 75.7 Å². The molecule has 0 unspecified atom stereocenters. The number of carbonyl (C=O) groups is 1. The quantitative estimate of drug-likeness (QED) is 0.313. The lowest BCUT2D eigenvalue weighted by Gasteiger charge is -2.34. The van der Waals surface area contributed by atoms with E-state index in [4.69, 9.17) is 0 Å². The second kappa shape index (κ2) is 11.2. The predicted molar refractivity (Wildman–Crippen MR) is 152 cm³/mol. The van der Waals surface area contributed by atoms with E-state index in [1.165, 1.54) is 5.56 Å². The summed E-state index contributed by atoms with van der Waals surface area (Å²) in [5, 5.41) is 9.50. The van der Waals surface area contributed by atoms with Crippen LogP contribution in [0.4, 0.5) is 0 Å². The van der Waals surface area contributed by atoms with Crippen molar-refractivity contribution in [3.8, 4) is 0 Å². The summed E-state index contributed by atoms with van der Waals surface area (Å²) in [5.74, 6) is 1.35. The number of rotatable bonds is 8. The Bertz CT molecular complexity index is 1640. The first-order valence-electron chi connectivity index (χ1n) is 13.6. The van der Waals surface area contributed by atoms with Crippen molar-refractivity contribution >= 4 is 22.6 Å². The van der Waals surface area contributed by atoms with Gasteiger partial charge in [0.2, 0.25) is 11.7 Å². The third-order valence-electron chi connectivity index (χ3n) is 7.58. The van der Waals surface area contributed by atoms with Crippen LogP contribution in [0.25, 0.3) is 16.7 Å². The van der Waals surface area contributed by atoms with Crippen molar-refractivity contribution in [1.29, 1.82) is 0 Å². The first-order valence-corrected chi connectivity index (χ1v) is 13.6. The van der Waals surface area contributed by atoms with Gasteiger partial charge in [0.25, 0.3) is 5.56 Å². The highest BCUT2D eigenvalue weighted by molar-refractivity contribution is 5.80. The molecule has 3 aromatic carbocycles. The van der Waals surface area contributed by atoms with Crippen molar-refractivity contribution in [3.05, 3.63) is 112 Å². The molecule has 0 saturated carbocycles. The number of piperazine rings is 1. The average molecular weight is 521 g/mol. The van der Waals surface area contributed by atoms with Crippen molar-refractivity contribution in [2.45, 2.75) is 32.4 Å². The Morgan fingerprint density at radius 2 is 1.41 bits per heavy atom. The van der Waals surface area contributed by atoms with Gasteiger partial charge >= 0.3 is 0 Å². The van der Waals surface area contributed by atoms with E-state index in [0.29, 0.717) is 42.8 Å². The smallest absolute Gasteiger partial charge is 0.262 e. The summed E-state index contributed by atoms with van der Waals surface area (Å²) in [6.45, 7) is 4.61. The highest BCUT2D eigenvalue weighted by Crippen LogP contribution is 2.17. The number of para-hydroxylation sites is 1. The minimum atomic E-state index is -0.0718. The lowest BCUT2D eigenvalue weighted by molar-refractivity contribution is -0.133. The highest BCUT2D eigenvalue weighted by Gasteiger charge is 2.22. The zero-order valence-corrected chi connectivity index (χ0v) is 21.9. The van der Waals surface area contributed by atoms with Crippen LogP contribution in [0.15, 0.2) is 89.7 Å². The van der Waals surface area contributed by atoms with Crippen LogP contribution < -0.4 is 5.56 Å². The summed E-state index contributed by atoms with van der Waals surface area (Å²) in [6, 6.07) is 28.1. The second-order valence-electron chi connectivity index (χ2n) is 10.1. The maximum atomic E-state index is 13.4. The Kier molecular flexibility index (Phi) is 7.19. The Morgan fingerprint density at radius 3 is 2.15 bits per heavy atom. The first-order chi connectivity index (χ1) is 19.2. The van der Waals surface area contributed by atoms with E-state index in [-0.39, 0.29) is 11.5 Å². The van der Waals surface area contributed by atoms with Gasteiger partial charge < -0.3 is 4.90 Å². The summed E-state index contributed by atoms with van der Waals surface area (Å²) in [7, 11) is 0. The van der Waals surface area contributed by atoms with Gasteiger partial charge in [0.05, 0.1) is 10.9 Å². The van der Waals surface area contributed by atoms with Crippen molar-refractivity contribution in [1.82, 2.24) is 29.0 Å². The molecule has 1 fully saturated rings. The van der Waals surface area contributed by atoms with E-state index < -0.39 is 0 Å². The Hall–Kier alpha value is -4.30. The largest absolute Gasteiger partial charge is 0.340 e. The van der Waals surface area contributed by atoms with E-state index in [1.54, 1.807) is 4.57 Å². The third kappa shape index (κ3) is 5.33. The summed E-state index contributed by atoms with van der Waals surface area (Å²) >= 11 is 0. The zero-order chi connectivity index (χ0) is 26.6. The summed E-state index contributed by atoms with van der Waals surface area (Å²) in [4.78, 5) is 30.9. The molecule has 6 rings (SSSR count). The van der Waals surface area contributed by atoms with Gasteiger partial charge in [-0.3, -0.25) is 23.5 Å². The molecule has 3 heterocycles. The number of aryl methyl sites for hydroxylation is 3. The Balaban J connectivity index is 1.17. The van der Waals surface area contributed by atoms with E-state index in [9.17, 15) is 9.59 Å². The van der Waals surface area contributed by atoms with Crippen molar-refractivity contribution < 1.29 is 4.79 Å². The molecule has 0 radical (unpaired) electrons. The van der Waals surface area contributed by atoms with Crippen LogP contribution in [0.3, 0.4) is 0 Å². The second-order valence-corrected chi connectivity index (χ2v) is 10.1. The summed E-state index contributed by atoms with van der Waals surface area (Å²) in [6.07, 6.45) is 1.54. The van der Waals surface area contributed by atoms with E-state index >= 15 is 0 Å². The molecule has 0 atom stereocenters. The van der Waals surface area contributed by atoms with Gasteiger partial charge in [-0.2, -0.15) is 0 Å². The number of benzene rings is 3. The molecule has 1 saturated heterocycles. The molecule has 8 nitrogen and oxygen atoms in total. The monoisotopic (exact) mass is 520 g/mol. The molecule has 2 aromatic heterocycles. The molecule has 0 bridgehead atoms. The molecule has 0 aliphatic carbocycles. The van der Waals surface area contributed by atoms with E-state index in [1.807, 2.05) is 57.8 Å². The maximum absolute atomic E-state index is 13.4. The molecular weight excluding hydrogens is 488 g/mol. The maximum Gasteiger partial charge on any atom is 0.262 e. The molecule has 0 spiro atoms. The molecular formula is C31H32N6O2. The Morgan fingerprint density at radius 1 is 0.744 bits per heavy atom. The molecule has 1 aliphatic heterocycles. The van der Waals surface area contributed by atoms with Crippen LogP contribution in [-0.2, 0) is 30.7 Å². The standard InChI is InChI=1S/C31H32N6O2/c38-29(35-21-19-34(20-22-35)23-25-11-5-2-6-12-25)16-15-28-32-33-31-36(18-17-24-9-3-1-4-10-24)30(39)26-13-7-8-14-27(26)37(28)31/h1-14H,15-23H2. The average Bonchev–Trinajstić information content (AvgIpc) is 3.41. The van der Waals surface area contributed by atoms with E-state index in [2.05, 4.69) is 51.5 Å². The summed E-state index contributed by atoms with van der Waals surface area (Å²) < 4.78 is 3.66. The van der Waals surface area contributed by atoms with Gasteiger partial charge in [-0.15, -0.1) is 10.2 Å². The molecule has 5 aromatic rings. The number of hydrogen-bond acceptors (Lipinski definition) is 5. The fourth-order valence-electron chi connectivity index (χ4n) is 5.44. The van der Waals surface area contributed by atoms with Crippen LogP contribution >= 0.6 is 0 Å². The van der Waals surface area contributed by atoms with Crippen LogP contribution in [-0.4, -0.2) is 61.1 Å². The van der Waals surface area contributed by atoms with Crippen LogP contribution in [0.1, 0.15) is 23.4 Å². The minimum Gasteiger partial charge on any atom is -0.340 e. The summed E-state index contributed by atoms with van der Waals surface area (Å²) in [5.41, 5.74) is 3.16. The van der Waals surface area contributed by atoms with Crippen molar-refractivity contribution in [2.24, 2.45) is 0 Å². The number of nitrogens with zero attached hydrogens (tertiary/aromatic N) is 6. The van der Waals surface area contributed by atoms with Crippen LogP contribution in [0, 0.1) is 0 Å². The number of hydrogen-bond donors (Lipinski definition) is 0. The van der Waals surface area contributed by atoms with Gasteiger partial charge in [0.15, 0.2) is 0 Å². The number of fused-ring (bicyclic) bond motifs is 3. The number of aromatic nitrogens is 4. The normalized spacial score (nSPS) is 14.3. The van der Waals surface area contributed by atoms with Gasteiger partial charge in [-0.1, -0.05) is 72.8 Å². The number of carbonyl (C=O) groups excluding carboxylic acids is 1. The fourth-order valence-corrected chi connectivity index (χ4v) is 5.44. The fraction of sp³-hybridized carbons (Fsp3) is 0.290. The molecule has 8 heteroatoms. The minimum absolute atomic E-state index is 0.0718. The van der Waals surface area contributed by atoms with Crippen LogP contribution in [0.5, 0.6) is 0 Å². The Labute approximate surface area is 227 Å². The van der Waals surface area contributed by atoms with E-state index in [0.717, 1.165) is 43.8 Å². The predicted octanol–water partition coefficient (Wildman–Crippen LogP) is 3.56. The van der Waals surface area contributed by atoms with Crippen molar-refractivity contribution in [3.63, 3.8) is 0 Å². The molecule has 198 valence electrons. The first kappa shape index (κ1) is 25.0. The SMILES string of the molecule is O=C(CCc1nnc2n(CCc3ccccc3)c(=O)c3ccccc3n12)N1CCN(Cc2ccccc2)CC1. The van der Waals surface area contributed by atoms with Crippen LogP contribution in [0.2, 0.25) is 0 Å². The number of amides is 1. The molecule has 39 heavy (non-hydrogen) atoms. The lowest BCUT2D eigenvalue weighted by atomic mass is 10.1. The lowest BCUT2D eigenvalue weighted by Crippen LogP contribution is -2.48. The van der Waals surface area contributed by atoms with Gasteiger partial charge in [0.1, 0.15) is 5.82 Å².